The minimum atomic E-state index is 0.0819. The quantitative estimate of drug-likeness (QED) is 0.900. The van der Waals surface area contributed by atoms with Crippen molar-refractivity contribution in [2.75, 3.05) is 27.2 Å². The first kappa shape index (κ1) is 16.3. The fourth-order valence-corrected chi connectivity index (χ4v) is 3.77. The number of aromatic hydroxyl groups is 1. The van der Waals surface area contributed by atoms with Crippen LogP contribution in [0.1, 0.15) is 45.1 Å². The van der Waals surface area contributed by atoms with Crippen LogP contribution in [0, 0.1) is 0 Å². The SMILES string of the molecule is CCN(C)C1CCC(c2cccc(O)c2)(N(C)CC)CC1. The van der Waals surface area contributed by atoms with Gasteiger partial charge in [-0.05, 0) is 70.6 Å². The van der Waals surface area contributed by atoms with Gasteiger partial charge in [0.25, 0.3) is 0 Å². The van der Waals surface area contributed by atoms with Crippen molar-refractivity contribution in [2.45, 2.75) is 51.1 Å². The van der Waals surface area contributed by atoms with Gasteiger partial charge < -0.3 is 10.0 Å². The van der Waals surface area contributed by atoms with E-state index in [-0.39, 0.29) is 5.54 Å². The second-order valence-electron chi connectivity index (χ2n) is 6.40. The van der Waals surface area contributed by atoms with Crippen LogP contribution in [-0.4, -0.2) is 48.1 Å². The maximum Gasteiger partial charge on any atom is 0.115 e. The summed E-state index contributed by atoms with van der Waals surface area (Å²) in [7, 11) is 4.45. The third-order valence-electron chi connectivity index (χ3n) is 5.49. The summed E-state index contributed by atoms with van der Waals surface area (Å²) in [6.45, 7) is 6.60. The highest BCUT2D eigenvalue weighted by Crippen LogP contribution is 2.43. The van der Waals surface area contributed by atoms with E-state index in [1.54, 1.807) is 6.07 Å². The lowest BCUT2D eigenvalue weighted by atomic mass is 9.73. The Morgan fingerprint density at radius 2 is 1.81 bits per heavy atom. The fourth-order valence-electron chi connectivity index (χ4n) is 3.77. The molecule has 1 saturated carbocycles. The molecular weight excluding hydrogens is 260 g/mol. The minimum Gasteiger partial charge on any atom is -0.508 e. The summed E-state index contributed by atoms with van der Waals surface area (Å²) in [5, 5.41) is 9.86. The molecule has 118 valence electrons. The lowest BCUT2D eigenvalue weighted by molar-refractivity contribution is 0.0443. The Kier molecular flexibility index (Phi) is 5.28. The van der Waals surface area contributed by atoms with Gasteiger partial charge in [-0.3, -0.25) is 4.90 Å². The van der Waals surface area contributed by atoms with Gasteiger partial charge in [0.15, 0.2) is 0 Å². The van der Waals surface area contributed by atoms with E-state index < -0.39 is 0 Å². The summed E-state index contributed by atoms with van der Waals surface area (Å²) in [6, 6.07) is 8.57. The summed E-state index contributed by atoms with van der Waals surface area (Å²) in [5.74, 6) is 0.379. The first-order valence-electron chi connectivity index (χ1n) is 8.24. The number of phenolic OH excluding ortho intramolecular Hbond substituents is 1. The molecule has 0 aromatic heterocycles. The monoisotopic (exact) mass is 290 g/mol. The Balaban J connectivity index is 2.25. The zero-order valence-corrected chi connectivity index (χ0v) is 14.0. The highest BCUT2D eigenvalue weighted by Gasteiger charge is 2.40. The van der Waals surface area contributed by atoms with E-state index in [9.17, 15) is 5.11 Å². The standard InChI is InChI=1S/C18H30N2O/c1-5-19(3)16-10-12-18(13-11-16,20(4)6-2)15-8-7-9-17(21)14-15/h7-9,14,16,21H,5-6,10-13H2,1-4H3. The Labute approximate surface area is 129 Å². The van der Waals surface area contributed by atoms with Gasteiger partial charge in [0.05, 0.1) is 0 Å². The topological polar surface area (TPSA) is 26.7 Å². The lowest BCUT2D eigenvalue weighted by Gasteiger charge is -2.48. The van der Waals surface area contributed by atoms with Crippen molar-refractivity contribution in [1.82, 2.24) is 9.80 Å². The normalized spacial score (nSPS) is 26.5. The van der Waals surface area contributed by atoms with Crippen LogP contribution in [-0.2, 0) is 5.54 Å². The summed E-state index contributed by atoms with van der Waals surface area (Å²) in [5.41, 5.74) is 1.35. The van der Waals surface area contributed by atoms with Gasteiger partial charge in [0, 0.05) is 11.6 Å². The van der Waals surface area contributed by atoms with Gasteiger partial charge in [-0.1, -0.05) is 26.0 Å². The van der Waals surface area contributed by atoms with Gasteiger partial charge in [-0.25, -0.2) is 0 Å². The van der Waals surface area contributed by atoms with E-state index >= 15 is 0 Å². The van der Waals surface area contributed by atoms with Gasteiger partial charge >= 0.3 is 0 Å². The number of hydrogen-bond donors (Lipinski definition) is 1. The van der Waals surface area contributed by atoms with Crippen LogP contribution in [0.2, 0.25) is 0 Å². The third kappa shape index (κ3) is 3.24. The summed E-state index contributed by atoms with van der Waals surface area (Å²) in [6.07, 6.45) is 4.78. The Bertz CT molecular complexity index is 452. The number of rotatable bonds is 5. The predicted molar refractivity (Wildman–Crippen MR) is 88.6 cm³/mol. The van der Waals surface area contributed by atoms with Crippen LogP contribution in [0.4, 0.5) is 0 Å². The van der Waals surface area contributed by atoms with Crippen molar-refractivity contribution in [2.24, 2.45) is 0 Å². The van der Waals surface area contributed by atoms with E-state index in [1.165, 1.54) is 18.4 Å². The minimum absolute atomic E-state index is 0.0819. The molecular formula is C18H30N2O. The van der Waals surface area contributed by atoms with E-state index in [1.807, 2.05) is 12.1 Å². The average Bonchev–Trinajstić information content (AvgIpc) is 2.53. The first-order valence-corrected chi connectivity index (χ1v) is 8.24. The molecule has 1 N–H and O–H groups in total. The molecule has 0 amide bonds. The maximum atomic E-state index is 9.86. The lowest BCUT2D eigenvalue weighted by Crippen LogP contribution is -2.49. The molecule has 0 unspecified atom stereocenters. The molecule has 0 radical (unpaired) electrons. The van der Waals surface area contributed by atoms with Crippen LogP contribution in [0.15, 0.2) is 24.3 Å². The largest absolute Gasteiger partial charge is 0.508 e. The van der Waals surface area contributed by atoms with Gasteiger partial charge in [-0.15, -0.1) is 0 Å². The van der Waals surface area contributed by atoms with Gasteiger partial charge in [-0.2, -0.15) is 0 Å². The summed E-state index contributed by atoms with van der Waals surface area (Å²) >= 11 is 0. The van der Waals surface area contributed by atoms with Crippen molar-refractivity contribution < 1.29 is 5.11 Å². The number of phenols is 1. The van der Waals surface area contributed by atoms with Crippen LogP contribution < -0.4 is 0 Å². The van der Waals surface area contributed by atoms with E-state index in [4.69, 9.17) is 0 Å². The fraction of sp³-hybridized carbons (Fsp3) is 0.667. The second-order valence-corrected chi connectivity index (χ2v) is 6.40. The first-order chi connectivity index (χ1) is 10.0. The predicted octanol–water partition coefficient (Wildman–Crippen LogP) is 3.43. The zero-order chi connectivity index (χ0) is 15.5. The van der Waals surface area contributed by atoms with Crippen molar-refractivity contribution in [3.8, 4) is 5.75 Å². The van der Waals surface area contributed by atoms with E-state index in [0.717, 1.165) is 25.9 Å². The van der Waals surface area contributed by atoms with Crippen molar-refractivity contribution in [3.63, 3.8) is 0 Å². The number of hydrogen-bond acceptors (Lipinski definition) is 3. The Morgan fingerprint density at radius 1 is 1.14 bits per heavy atom. The number of nitrogens with zero attached hydrogens (tertiary/aromatic N) is 2. The molecule has 0 atom stereocenters. The molecule has 0 spiro atoms. The summed E-state index contributed by atoms with van der Waals surface area (Å²) in [4.78, 5) is 4.93. The van der Waals surface area contributed by atoms with E-state index in [2.05, 4.69) is 43.8 Å². The second kappa shape index (κ2) is 6.80. The third-order valence-corrected chi connectivity index (χ3v) is 5.49. The van der Waals surface area contributed by atoms with Crippen molar-refractivity contribution >= 4 is 0 Å². The molecule has 0 heterocycles. The Morgan fingerprint density at radius 3 is 2.33 bits per heavy atom. The molecule has 1 aromatic carbocycles. The van der Waals surface area contributed by atoms with Gasteiger partial charge in [0.2, 0.25) is 0 Å². The average molecular weight is 290 g/mol. The van der Waals surface area contributed by atoms with Gasteiger partial charge in [0.1, 0.15) is 5.75 Å². The van der Waals surface area contributed by atoms with Crippen LogP contribution >= 0.6 is 0 Å². The van der Waals surface area contributed by atoms with Crippen LogP contribution in [0.5, 0.6) is 5.75 Å². The van der Waals surface area contributed by atoms with Crippen molar-refractivity contribution in [3.05, 3.63) is 29.8 Å². The molecule has 21 heavy (non-hydrogen) atoms. The molecule has 1 aliphatic rings. The highest BCUT2D eigenvalue weighted by atomic mass is 16.3. The number of benzene rings is 1. The molecule has 2 rings (SSSR count). The molecule has 1 fully saturated rings. The Hall–Kier alpha value is -1.06. The molecule has 1 aliphatic carbocycles. The van der Waals surface area contributed by atoms with Crippen LogP contribution in [0.3, 0.4) is 0 Å². The molecule has 0 saturated heterocycles. The van der Waals surface area contributed by atoms with E-state index in [0.29, 0.717) is 11.8 Å². The van der Waals surface area contributed by atoms with Crippen LogP contribution in [0.25, 0.3) is 0 Å². The molecule has 0 aliphatic heterocycles. The highest BCUT2D eigenvalue weighted by molar-refractivity contribution is 5.33. The maximum absolute atomic E-state index is 9.86. The molecule has 3 heteroatoms. The smallest absolute Gasteiger partial charge is 0.115 e. The molecule has 3 nitrogen and oxygen atoms in total. The summed E-state index contributed by atoms with van der Waals surface area (Å²) < 4.78 is 0. The zero-order valence-electron chi connectivity index (χ0n) is 14.0. The molecule has 1 aromatic rings. The van der Waals surface area contributed by atoms with Crippen molar-refractivity contribution in [1.29, 1.82) is 0 Å². The molecule has 0 bridgehead atoms.